The van der Waals surface area contributed by atoms with E-state index < -0.39 is 30.1 Å². The zero-order valence-corrected chi connectivity index (χ0v) is 13.5. The third kappa shape index (κ3) is 4.36. The summed E-state index contributed by atoms with van der Waals surface area (Å²) in [6, 6.07) is -0.129. The van der Waals surface area contributed by atoms with Gasteiger partial charge >= 0.3 is 12.1 Å². The minimum absolute atomic E-state index is 0.00286. The standard InChI is InChI=1S/C15H25F3N2O3/c1-19-7-10(5-11(8-19)14(22)23)12-6-9(3-4-20(12)2)13(21)15(16,17)18/h9-13,21H,3-8H2,1-2H3,(H,22,23)/t9?,10?,11-,12?,13?/m0/s1. The average Bonchev–Trinajstić information content (AvgIpc) is 2.45. The number of likely N-dealkylation sites (tertiary alicyclic amines) is 2. The monoisotopic (exact) mass is 338 g/mol. The van der Waals surface area contributed by atoms with E-state index >= 15 is 0 Å². The van der Waals surface area contributed by atoms with Gasteiger partial charge in [-0.05, 0) is 51.7 Å². The van der Waals surface area contributed by atoms with Crippen LogP contribution in [0.25, 0.3) is 0 Å². The van der Waals surface area contributed by atoms with Crippen molar-refractivity contribution in [2.24, 2.45) is 17.8 Å². The number of nitrogens with zero attached hydrogens (tertiary/aromatic N) is 2. The second-order valence-corrected chi connectivity index (χ2v) is 7.07. The molecule has 2 aliphatic rings. The number of alkyl halides is 3. The Labute approximate surface area is 134 Å². The molecular formula is C15H25F3N2O3. The Morgan fingerprint density at radius 1 is 1.22 bits per heavy atom. The zero-order valence-electron chi connectivity index (χ0n) is 13.5. The van der Waals surface area contributed by atoms with Gasteiger partial charge in [-0.15, -0.1) is 0 Å². The fourth-order valence-corrected chi connectivity index (χ4v) is 4.07. The van der Waals surface area contributed by atoms with E-state index in [1.807, 2.05) is 23.9 Å². The molecule has 2 heterocycles. The lowest BCUT2D eigenvalue weighted by atomic mass is 9.76. The van der Waals surface area contributed by atoms with Gasteiger partial charge in [0.05, 0.1) is 5.92 Å². The van der Waals surface area contributed by atoms with Gasteiger partial charge < -0.3 is 20.0 Å². The van der Waals surface area contributed by atoms with Crippen molar-refractivity contribution < 1.29 is 28.2 Å². The molecule has 2 rings (SSSR count). The van der Waals surface area contributed by atoms with Crippen LogP contribution in [0.2, 0.25) is 0 Å². The minimum Gasteiger partial charge on any atom is -0.481 e. The van der Waals surface area contributed by atoms with Crippen molar-refractivity contribution in [3.8, 4) is 0 Å². The first-order valence-electron chi connectivity index (χ1n) is 7.96. The summed E-state index contributed by atoms with van der Waals surface area (Å²) in [6.45, 7) is 1.63. The van der Waals surface area contributed by atoms with Gasteiger partial charge in [-0.1, -0.05) is 0 Å². The Morgan fingerprint density at radius 2 is 1.87 bits per heavy atom. The number of rotatable bonds is 3. The highest BCUT2D eigenvalue weighted by molar-refractivity contribution is 5.70. The smallest absolute Gasteiger partial charge is 0.414 e. The quantitative estimate of drug-likeness (QED) is 0.811. The van der Waals surface area contributed by atoms with Gasteiger partial charge in [0.25, 0.3) is 0 Å². The van der Waals surface area contributed by atoms with Crippen molar-refractivity contribution in [2.75, 3.05) is 33.7 Å². The number of halogens is 3. The first-order chi connectivity index (χ1) is 10.6. The van der Waals surface area contributed by atoms with E-state index in [0.29, 0.717) is 32.5 Å². The van der Waals surface area contributed by atoms with E-state index in [1.165, 1.54) is 0 Å². The number of aliphatic hydroxyl groups is 1. The van der Waals surface area contributed by atoms with E-state index in [0.717, 1.165) is 0 Å². The maximum atomic E-state index is 12.8. The minimum atomic E-state index is -4.60. The summed E-state index contributed by atoms with van der Waals surface area (Å²) < 4.78 is 38.3. The SMILES string of the molecule is CN1CC(C2CC(C(O)C(F)(F)F)CCN2C)C[C@H](C(=O)O)C1. The molecule has 134 valence electrons. The third-order valence-electron chi connectivity index (χ3n) is 5.30. The van der Waals surface area contributed by atoms with Gasteiger partial charge in [0.15, 0.2) is 6.10 Å². The first kappa shape index (κ1) is 18.5. The van der Waals surface area contributed by atoms with Crippen LogP contribution in [-0.4, -0.2) is 78.0 Å². The summed E-state index contributed by atoms with van der Waals surface area (Å²) >= 11 is 0. The molecular weight excluding hydrogens is 313 g/mol. The number of hydrogen-bond donors (Lipinski definition) is 2. The summed E-state index contributed by atoms with van der Waals surface area (Å²) in [6.07, 6.45) is -5.86. The van der Waals surface area contributed by atoms with Gasteiger partial charge in [-0.25, -0.2) is 0 Å². The van der Waals surface area contributed by atoms with E-state index in [1.54, 1.807) is 0 Å². The molecule has 5 atom stereocenters. The lowest BCUT2D eigenvalue weighted by molar-refractivity contribution is -0.225. The van der Waals surface area contributed by atoms with Gasteiger partial charge in [-0.2, -0.15) is 13.2 Å². The molecule has 0 aromatic carbocycles. The largest absolute Gasteiger partial charge is 0.481 e. The van der Waals surface area contributed by atoms with Crippen LogP contribution in [0.4, 0.5) is 13.2 Å². The number of carboxylic acids is 1. The molecule has 0 aliphatic carbocycles. The van der Waals surface area contributed by atoms with Crippen molar-refractivity contribution in [1.29, 1.82) is 0 Å². The van der Waals surface area contributed by atoms with Gasteiger partial charge in [0.1, 0.15) is 0 Å². The number of aliphatic carboxylic acids is 1. The summed E-state index contributed by atoms with van der Waals surface area (Å²) in [7, 11) is 3.71. The average molecular weight is 338 g/mol. The molecule has 0 aromatic heterocycles. The van der Waals surface area contributed by atoms with Crippen molar-refractivity contribution in [3.63, 3.8) is 0 Å². The number of piperidine rings is 2. The number of carboxylic acid groups (broad SMARTS) is 1. The Kier molecular flexibility index (Phi) is 5.58. The summed E-state index contributed by atoms with van der Waals surface area (Å²) in [5.41, 5.74) is 0. The van der Waals surface area contributed by atoms with Crippen LogP contribution in [0.15, 0.2) is 0 Å². The molecule has 0 saturated carbocycles. The van der Waals surface area contributed by atoms with Crippen LogP contribution in [0.1, 0.15) is 19.3 Å². The van der Waals surface area contributed by atoms with E-state index in [9.17, 15) is 28.2 Å². The lowest BCUT2D eigenvalue weighted by Crippen LogP contribution is -2.54. The molecule has 0 spiro atoms. The predicted octanol–water partition coefficient (Wildman–Crippen LogP) is 1.27. The second kappa shape index (κ2) is 6.94. The highest BCUT2D eigenvalue weighted by Crippen LogP contribution is 2.37. The Morgan fingerprint density at radius 3 is 2.43 bits per heavy atom. The fraction of sp³-hybridized carbons (Fsp3) is 0.933. The molecule has 0 radical (unpaired) electrons. The predicted molar refractivity (Wildman–Crippen MR) is 77.9 cm³/mol. The molecule has 4 unspecified atom stereocenters. The van der Waals surface area contributed by atoms with E-state index in [2.05, 4.69) is 0 Å². The maximum absolute atomic E-state index is 12.8. The molecule has 0 amide bonds. The summed E-state index contributed by atoms with van der Waals surface area (Å²) in [5.74, 6) is -2.15. The Bertz CT molecular complexity index is 433. The molecule has 8 heteroatoms. The van der Waals surface area contributed by atoms with Crippen molar-refractivity contribution in [3.05, 3.63) is 0 Å². The Hall–Kier alpha value is -0.860. The van der Waals surface area contributed by atoms with Crippen LogP contribution >= 0.6 is 0 Å². The molecule has 2 saturated heterocycles. The lowest BCUT2D eigenvalue weighted by Gasteiger charge is -2.46. The van der Waals surface area contributed by atoms with Crippen molar-refractivity contribution in [2.45, 2.75) is 37.6 Å². The second-order valence-electron chi connectivity index (χ2n) is 7.07. The zero-order chi connectivity index (χ0) is 17.4. The van der Waals surface area contributed by atoms with Crippen molar-refractivity contribution >= 4 is 5.97 Å². The van der Waals surface area contributed by atoms with Crippen molar-refractivity contribution in [1.82, 2.24) is 9.80 Å². The fourth-order valence-electron chi connectivity index (χ4n) is 4.07. The van der Waals surface area contributed by atoms with Crippen LogP contribution in [0.5, 0.6) is 0 Å². The molecule has 2 N–H and O–H groups in total. The van der Waals surface area contributed by atoms with Crippen LogP contribution in [0, 0.1) is 17.8 Å². The molecule has 2 fully saturated rings. The normalized spacial score (nSPS) is 35.9. The molecule has 0 bridgehead atoms. The molecule has 2 aliphatic heterocycles. The van der Waals surface area contributed by atoms with E-state index in [4.69, 9.17) is 0 Å². The maximum Gasteiger partial charge on any atom is 0.414 e. The summed E-state index contributed by atoms with van der Waals surface area (Å²) in [4.78, 5) is 15.2. The third-order valence-corrected chi connectivity index (χ3v) is 5.30. The van der Waals surface area contributed by atoms with Gasteiger partial charge in [0.2, 0.25) is 0 Å². The molecule has 0 aromatic rings. The van der Waals surface area contributed by atoms with Gasteiger partial charge in [-0.3, -0.25) is 4.79 Å². The summed E-state index contributed by atoms with van der Waals surface area (Å²) in [5, 5.41) is 18.8. The van der Waals surface area contributed by atoms with Crippen LogP contribution in [-0.2, 0) is 4.79 Å². The molecule has 5 nitrogen and oxygen atoms in total. The topological polar surface area (TPSA) is 64.0 Å². The number of aliphatic hydroxyl groups excluding tert-OH is 1. The van der Waals surface area contributed by atoms with Crippen LogP contribution in [0.3, 0.4) is 0 Å². The highest BCUT2D eigenvalue weighted by Gasteiger charge is 2.47. The number of hydrogen-bond acceptors (Lipinski definition) is 4. The first-order valence-corrected chi connectivity index (χ1v) is 7.96. The molecule has 23 heavy (non-hydrogen) atoms. The Balaban J connectivity index is 2.08. The van der Waals surface area contributed by atoms with Crippen LogP contribution < -0.4 is 0 Å². The highest BCUT2D eigenvalue weighted by atomic mass is 19.4. The number of carbonyl (C=O) groups is 1. The van der Waals surface area contributed by atoms with Gasteiger partial charge in [0, 0.05) is 19.1 Å². The van der Waals surface area contributed by atoms with E-state index in [-0.39, 0.29) is 18.4 Å².